The molecule has 0 aliphatic carbocycles. The van der Waals surface area contributed by atoms with Crippen LogP contribution in [0.3, 0.4) is 0 Å². The van der Waals surface area contributed by atoms with Crippen LogP contribution in [-0.4, -0.2) is 26.6 Å². The molecule has 5 heteroatoms. The van der Waals surface area contributed by atoms with Crippen LogP contribution >= 0.6 is 0 Å². The Balaban J connectivity index is 3.81. The third kappa shape index (κ3) is 3.00. The van der Waals surface area contributed by atoms with Gasteiger partial charge in [0.2, 0.25) is 0 Å². The maximum Gasteiger partial charge on any atom is 0.396 e. The van der Waals surface area contributed by atoms with Gasteiger partial charge in [0, 0.05) is 7.11 Å². The van der Waals surface area contributed by atoms with Crippen LogP contribution in [0.1, 0.15) is 0 Å². The van der Waals surface area contributed by atoms with Gasteiger partial charge in [-0.1, -0.05) is 0 Å². The molecule has 0 heterocycles. The maximum atomic E-state index is 11.6. The molecule has 0 aromatic carbocycles. The average molecular weight is 160 g/mol. The molecule has 1 atom stereocenters. The molecule has 1 unspecified atom stereocenters. The van der Waals surface area contributed by atoms with Crippen LogP contribution in [0.2, 0.25) is 0 Å². The summed E-state index contributed by atoms with van der Waals surface area (Å²) in [6.07, 6.45) is -4.48. The number of hydrogen-bond donors (Lipinski definition) is 0. The van der Waals surface area contributed by atoms with Gasteiger partial charge in [0.25, 0.3) is 0 Å². The highest BCUT2D eigenvalue weighted by Crippen LogP contribution is 2.26. The van der Waals surface area contributed by atoms with Crippen LogP contribution in [0, 0.1) is 5.92 Å². The third-order valence-electron chi connectivity index (χ3n) is 1.02. The molecule has 0 rings (SSSR count). The summed E-state index contributed by atoms with van der Waals surface area (Å²) in [7, 11) is 1.11. The summed E-state index contributed by atoms with van der Waals surface area (Å²) in [4.78, 5) is 0. The summed E-state index contributed by atoms with van der Waals surface area (Å²) in [6.45, 7) is -2.03. The van der Waals surface area contributed by atoms with E-state index in [-0.39, 0.29) is 0 Å². The molecule has 0 aromatic heterocycles. The zero-order valence-electron chi connectivity index (χ0n) is 5.41. The second kappa shape index (κ2) is 3.75. The number of rotatable bonds is 3. The Morgan fingerprint density at radius 1 is 1.40 bits per heavy atom. The van der Waals surface area contributed by atoms with Crippen LogP contribution in [0.15, 0.2) is 0 Å². The predicted molar refractivity (Wildman–Crippen MR) is 27.4 cm³/mol. The topological polar surface area (TPSA) is 9.23 Å². The highest BCUT2D eigenvalue weighted by atomic mass is 19.4. The van der Waals surface area contributed by atoms with Gasteiger partial charge in [0.1, 0.15) is 12.6 Å². The number of halogens is 4. The van der Waals surface area contributed by atoms with E-state index in [1.807, 2.05) is 0 Å². The maximum absolute atomic E-state index is 11.6. The summed E-state index contributed by atoms with van der Waals surface area (Å²) in [5.41, 5.74) is 0. The lowest BCUT2D eigenvalue weighted by Crippen LogP contribution is -2.28. The zero-order valence-corrected chi connectivity index (χ0v) is 5.41. The standard InChI is InChI=1S/C5H8F4O/c1-10-3-4(2-6)5(7,8)9/h4H,2-3H2,1H3. The first kappa shape index (κ1) is 9.68. The average Bonchev–Trinajstić information content (AvgIpc) is 1.80. The second-order valence-electron chi connectivity index (χ2n) is 1.85. The molecular weight excluding hydrogens is 152 g/mol. The SMILES string of the molecule is COCC(CF)C(F)(F)F. The lowest BCUT2D eigenvalue weighted by Gasteiger charge is -2.14. The monoisotopic (exact) mass is 160 g/mol. The fourth-order valence-corrected chi connectivity index (χ4v) is 0.428. The Morgan fingerprint density at radius 2 is 1.90 bits per heavy atom. The van der Waals surface area contributed by atoms with Crippen molar-refractivity contribution in [3.05, 3.63) is 0 Å². The van der Waals surface area contributed by atoms with E-state index < -0.39 is 25.4 Å². The van der Waals surface area contributed by atoms with Gasteiger partial charge in [0.15, 0.2) is 0 Å². The first-order valence-electron chi connectivity index (χ1n) is 2.64. The first-order valence-corrected chi connectivity index (χ1v) is 2.64. The van der Waals surface area contributed by atoms with Gasteiger partial charge < -0.3 is 4.74 Å². The van der Waals surface area contributed by atoms with Crippen LogP contribution in [0.4, 0.5) is 17.6 Å². The van der Waals surface area contributed by atoms with Crippen molar-refractivity contribution < 1.29 is 22.3 Å². The quantitative estimate of drug-likeness (QED) is 0.572. The lowest BCUT2D eigenvalue weighted by atomic mass is 10.2. The molecule has 0 bridgehead atoms. The van der Waals surface area contributed by atoms with E-state index >= 15 is 0 Å². The van der Waals surface area contributed by atoms with Gasteiger partial charge in [-0.15, -0.1) is 0 Å². The highest BCUT2D eigenvalue weighted by Gasteiger charge is 2.39. The summed E-state index contributed by atoms with van der Waals surface area (Å²) in [5, 5.41) is 0. The molecule has 62 valence electrons. The number of alkyl halides is 4. The molecule has 0 saturated carbocycles. The molecule has 0 radical (unpaired) electrons. The van der Waals surface area contributed by atoms with Crippen molar-refractivity contribution in [3.8, 4) is 0 Å². The molecule has 0 spiro atoms. The minimum atomic E-state index is -4.48. The van der Waals surface area contributed by atoms with E-state index in [4.69, 9.17) is 0 Å². The Labute approximate surface area is 56.0 Å². The molecule has 0 aliphatic rings. The smallest absolute Gasteiger partial charge is 0.384 e. The van der Waals surface area contributed by atoms with Gasteiger partial charge >= 0.3 is 6.18 Å². The van der Waals surface area contributed by atoms with Crippen molar-refractivity contribution in [2.75, 3.05) is 20.4 Å². The van der Waals surface area contributed by atoms with E-state index in [1.165, 1.54) is 0 Å². The van der Waals surface area contributed by atoms with E-state index in [1.54, 1.807) is 0 Å². The Kier molecular flexibility index (Phi) is 3.63. The predicted octanol–water partition coefficient (Wildman–Crippen LogP) is 1.78. The molecule has 0 saturated heterocycles. The second-order valence-corrected chi connectivity index (χ2v) is 1.85. The molecule has 0 amide bonds. The Morgan fingerprint density at radius 3 is 2.00 bits per heavy atom. The fraction of sp³-hybridized carbons (Fsp3) is 1.00. The van der Waals surface area contributed by atoms with E-state index in [9.17, 15) is 17.6 Å². The number of hydrogen-bond acceptors (Lipinski definition) is 1. The first-order chi connectivity index (χ1) is 4.52. The minimum absolute atomic E-state index is 0.611. The molecule has 0 fully saturated rings. The van der Waals surface area contributed by atoms with Crippen molar-refractivity contribution >= 4 is 0 Å². The normalized spacial score (nSPS) is 15.3. The third-order valence-corrected chi connectivity index (χ3v) is 1.02. The summed E-state index contributed by atoms with van der Waals surface area (Å²) in [6, 6.07) is 0. The van der Waals surface area contributed by atoms with Crippen molar-refractivity contribution in [1.82, 2.24) is 0 Å². The number of ether oxygens (including phenoxy) is 1. The summed E-state index contributed by atoms with van der Waals surface area (Å²) < 4.78 is 50.5. The summed E-state index contributed by atoms with van der Waals surface area (Å²) in [5.74, 6) is -1.97. The molecule has 10 heavy (non-hydrogen) atoms. The van der Waals surface area contributed by atoms with Crippen molar-refractivity contribution in [3.63, 3.8) is 0 Å². The van der Waals surface area contributed by atoms with Crippen LogP contribution in [-0.2, 0) is 4.74 Å². The van der Waals surface area contributed by atoms with E-state index in [2.05, 4.69) is 4.74 Å². The highest BCUT2D eigenvalue weighted by molar-refractivity contribution is 4.64. The number of methoxy groups -OCH3 is 1. The zero-order chi connectivity index (χ0) is 8.20. The Bertz CT molecular complexity index is 90.1. The van der Waals surface area contributed by atoms with Crippen LogP contribution < -0.4 is 0 Å². The van der Waals surface area contributed by atoms with Crippen molar-refractivity contribution in [2.45, 2.75) is 6.18 Å². The van der Waals surface area contributed by atoms with Gasteiger partial charge in [0.05, 0.1) is 6.61 Å². The van der Waals surface area contributed by atoms with Gasteiger partial charge in [-0.3, -0.25) is 4.39 Å². The van der Waals surface area contributed by atoms with Gasteiger partial charge in [-0.05, 0) is 0 Å². The van der Waals surface area contributed by atoms with Crippen molar-refractivity contribution in [2.24, 2.45) is 5.92 Å². The van der Waals surface area contributed by atoms with Crippen LogP contribution in [0.25, 0.3) is 0 Å². The minimum Gasteiger partial charge on any atom is -0.384 e. The van der Waals surface area contributed by atoms with E-state index in [0.29, 0.717) is 0 Å². The Hall–Kier alpha value is -0.320. The van der Waals surface area contributed by atoms with Gasteiger partial charge in [-0.25, -0.2) is 0 Å². The largest absolute Gasteiger partial charge is 0.396 e. The molecule has 0 aromatic rings. The fourth-order valence-electron chi connectivity index (χ4n) is 0.428. The van der Waals surface area contributed by atoms with Gasteiger partial charge in [-0.2, -0.15) is 13.2 Å². The molecule has 0 N–H and O–H groups in total. The van der Waals surface area contributed by atoms with Crippen LogP contribution in [0.5, 0.6) is 0 Å². The lowest BCUT2D eigenvalue weighted by molar-refractivity contribution is -0.189. The van der Waals surface area contributed by atoms with E-state index in [0.717, 1.165) is 7.11 Å². The van der Waals surface area contributed by atoms with Crippen molar-refractivity contribution in [1.29, 1.82) is 0 Å². The molecule has 0 aliphatic heterocycles. The molecule has 1 nitrogen and oxygen atoms in total. The summed E-state index contributed by atoms with van der Waals surface area (Å²) >= 11 is 0. The molecular formula is C5H8F4O.